The van der Waals surface area contributed by atoms with E-state index in [2.05, 4.69) is 17.6 Å². The van der Waals surface area contributed by atoms with Crippen LogP contribution in [0, 0.1) is 24.6 Å². The number of unbranched alkanes of at least 4 members (excludes halogenated alkanes) is 2. The van der Waals surface area contributed by atoms with Crippen LogP contribution in [0.2, 0.25) is 0 Å². The Hall–Kier alpha value is -2.02. The number of nitrogens with zero attached hydrogens (tertiary/aromatic N) is 1. The zero-order chi connectivity index (χ0) is 20.3. The molecule has 7 heteroatoms. The van der Waals surface area contributed by atoms with Crippen LogP contribution < -0.4 is 10.6 Å². The first-order valence-electron chi connectivity index (χ1n) is 10.1. The van der Waals surface area contributed by atoms with E-state index in [1.54, 1.807) is 24.0 Å². The van der Waals surface area contributed by atoms with Crippen molar-refractivity contribution >= 4 is 34.8 Å². The van der Waals surface area contributed by atoms with Gasteiger partial charge < -0.3 is 10.6 Å². The maximum atomic E-state index is 13.7. The molecule has 0 radical (unpaired) electrons. The van der Waals surface area contributed by atoms with Crippen molar-refractivity contribution in [3.8, 4) is 0 Å². The predicted octanol–water partition coefficient (Wildman–Crippen LogP) is 3.76. The molecule has 1 aliphatic heterocycles. The molecular weight excluding hydrogens is 377 g/mol. The van der Waals surface area contributed by atoms with E-state index in [9.17, 15) is 14.0 Å². The number of aryl methyl sites for hydroxylation is 1. The van der Waals surface area contributed by atoms with E-state index < -0.39 is 0 Å². The smallest absolute Gasteiger partial charge is 0.233 e. The van der Waals surface area contributed by atoms with Gasteiger partial charge in [0.2, 0.25) is 11.8 Å². The lowest BCUT2D eigenvalue weighted by Gasteiger charge is -2.43. The van der Waals surface area contributed by atoms with Crippen molar-refractivity contribution in [1.29, 1.82) is 0 Å². The molecule has 1 aromatic rings. The summed E-state index contributed by atoms with van der Waals surface area (Å²) in [5, 5.41) is 6.57. The van der Waals surface area contributed by atoms with Crippen molar-refractivity contribution in [2.45, 2.75) is 58.4 Å². The highest BCUT2D eigenvalue weighted by atomic mass is 32.1. The summed E-state index contributed by atoms with van der Waals surface area (Å²) in [5.74, 6) is -0.735. The summed E-state index contributed by atoms with van der Waals surface area (Å²) in [4.78, 5) is 27.2. The molecule has 5 nitrogen and oxygen atoms in total. The minimum atomic E-state index is -0.338. The molecule has 2 fully saturated rings. The van der Waals surface area contributed by atoms with Crippen molar-refractivity contribution in [3.63, 3.8) is 0 Å². The van der Waals surface area contributed by atoms with Crippen LogP contribution in [0.15, 0.2) is 18.2 Å². The zero-order valence-corrected chi connectivity index (χ0v) is 17.3. The first-order valence-corrected chi connectivity index (χ1v) is 10.5. The van der Waals surface area contributed by atoms with Crippen molar-refractivity contribution in [1.82, 2.24) is 10.2 Å². The first-order chi connectivity index (χ1) is 13.4. The SMILES string of the molecule is CCCCCN1C(=O)C2CCC(C(=O)Nc3ccc(C)c(F)c3)CC2NC1=S. The molecule has 1 heterocycles. The fourth-order valence-corrected chi connectivity index (χ4v) is 4.38. The summed E-state index contributed by atoms with van der Waals surface area (Å²) < 4.78 is 13.7. The third-order valence-electron chi connectivity index (χ3n) is 5.78. The summed E-state index contributed by atoms with van der Waals surface area (Å²) >= 11 is 5.41. The number of carbonyl (C=O) groups is 2. The van der Waals surface area contributed by atoms with Gasteiger partial charge in [-0.05, 0) is 62.5 Å². The average Bonchev–Trinajstić information content (AvgIpc) is 2.67. The Morgan fingerprint density at radius 1 is 1.36 bits per heavy atom. The Labute approximate surface area is 171 Å². The average molecular weight is 406 g/mol. The van der Waals surface area contributed by atoms with Gasteiger partial charge in [-0.3, -0.25) is 14.5 Å². The lowest BCUT2D eigenvalue weighted by atomic mass is 9.76. The second-order valence-corrected chi connectivity index (χ2v) is 8.21. The molecule has 0 bridgehead atoms. The van der Waals surface area contributed by atoms with E-state index in [-0.39, 0.29) is 35.5 Å². The minimum Gasteiger partial charge on any atom is -0.359 e. The Bertz CT molecular complexity index is 770. The van der Waals surface area contributed by atoms with E-state index in [1.807, 2.05) is 0 Å². The maximum Gasteiger partial charge on any atom is 0.233 e. The van der Waals surface area contributed by atoms with Crippen molar-refractivity contribution in [3.05, 3.63) is 29.6 Å². The second kappa shape index (κ2) is 8.99. The van der Waals surface area contributed by atoms with Crippen LogP contribution >= 0.6 is 12.2 Å². The lowest BCUT2D eigenvalue weighted by Crippen LogP contribution is -2.61. The van der Waals surface area contributed by atoms with E-state index in [0.29, 0.717) is 42.2 Å². The number of nitrogens with one attached hydrogen (secondary N) is 2. The number of halogens is 1. The van der Waals surface area contributed by atoms with Crippen molar-refractivity contribution in [2.75, 3.05) is 11.9 Å². The molecule has 3 rings (SSSR count). The summed E-state index contributed by atoms with van der Waals surface area (Å²) in [6.07, 6.45) is 4.96. The molecule has 1 aliphatic carbocycles. The van der Waals surface area contributed by atoms with Gasteiger partial charge in [0.25, 0.3) is 0 Å². The van der Waals surface area contributed by atoms with Crippen molar-refractivity contribution in [2.24, 2.45) is 11.8 Å². The van der Waals surface area contributed by atoms with Crippen LogP contribution in [-0.4, -0.2) is 34.4 Å². The highest BCUT2D eigenvalue weighted by Crippen LogP contribution is 2.34. The quantitative estimate of drug-likeness (QED) is 0.559. The number of carbonyl (C=O) groups excluding carboxylic acids is 2. The number of amides is 2. The zero-order valence-electron chi connectivity index (χ0n) is 16.5. The highest BCUT2D eigenvalue weighted by Gasteiger charge is 2.43. The molecule has 1 saturated heterocycles. The van der Waals surface area contributed by atoms with Crippen LogP contribution in [-0.2, 0) is 9.59 Å². The Kier molecular flexibility index (Phi) is 6.65. The van der Waals surface area contributed by atoms with Gasteiger partial charge in [0, 0.05) is 24.2 Å². The monoisotopic (exact) mass is 405 g/mol. The van der Waals surface area contributed by atoms with Crippen LogP contribution in [0.25, 0.3) is 0 Å². The Morgan fingerprint density at radius 3 is 2.86 bits per heavy atom. The standard InChI is InChI=1S/C21H28FN3O2S/c1-3-4-5-10-25-20(27)16-9-7-14(11-18(16)24-21(25)28)19(26)23-15-8-6-13(2)17(22)12-15/h6,8,12,14,16,18H,3-5,7,9-11H2,1-2H3,(H,23,26)(H,24,28). The number of anilines is 1. The molecular formula is C21H28FN3O2S. The molecule has 2 aliphatic rings. The van der Waals surface area contributed by atoms with Gasteiger partial charge in [-0.1, -0.05) is 25.8 Å². The fraction of sp³-hybridized carbons (Fsp3) is 0.571. The lowest BCUT2D eigenvalue weighted by molar-refractivity contribution is -0.137. The van der Waals surface area contributed by atoms with Gasteiger partial charge in [-0.15, -0.1) is 0 Å². The van der Waals surface area contributed by atoms with Crippen molar-refractivity contribution < 1.29 is 14.0 Å². The Balaban J connectivity index is 1.60. The van der Waals surface area contributed by atoms with Crippen LogP contribution in [0.4, 0.5) is 10.1 Å². The van der Waals surface area contributed by atoms with Gasteiger partial charge in [0.05, 0.1) is 5.92 Å². The summed E-state index contributed by atoms with van der Waals surface area (Å²) in [6.45, 7) is 4.47. The molecule has 2 amide bonds. The van der Waals surface area contributed by atoms with Gasteiger partial charge in [0.1, 0.15) is 5.82 Å². The molecule has 3 atom stereocenters. The van der Waals surface area contributed by atoms with Crippen LogP contribution in [0.1, 0.15) is 51.0 Å². The van der Waals surface area contributed by atoms with Gasteiger partial charge in [-0.25, -0.2) is 4.39 Å². The van der Waals surface area contributed by atoms with Crippen LogP contribution in [0.3, 0.4) is 0 Å². The topological polar surface area (TPSA) is 61.4 Å². The Morgan fingerprint density at radius 2 is 2.14 bits per heavy atom. The van der Waals surface area contributed by atoms with Gasteiger partial charge in [0.15, 0.2) is 5.11 Å². The number of fused-ring (bicyclic) bond motifs is 1. The summed E-state index contributed by atoms with van der Waals surface area (Å²) in [6, 6.07) is 4.58. The number of hydrogen-bond donors (Lipinski definition) is 2. The van der Waals surface area contributed by atoms with Gasteiger partial charge >= 0.3 is 0 Å². The molecule has 152 valence electrons. The van der Waals surface area contributed by atoms with Gasteiger partial charge in [-0.2, -0.15) is 0 Å². The third kappa shape index (κ3) is 4.51. The second-order valence-electron chi connectivity index (χ2n) is 7.82. The number of rotatable bonds is 6. The molecule has 1 saturated carbocycles. The first kappa shape index (κ1) is 20.7. The molecule has 0 spiro atoms. The van der Waals surface area contributed by atoms with E-state index in [1.165, 1.54) is 6.07 Å². The van der Waals surface area contributed by atoms with E-state index in [4.69, 9.17) is 12.2 Å². The summed E-state index contributed by atoms with van der Waals surface area (Å²) in [7, 11) is 0. The van der Waals surface area contributed by atoms with Crippen LogP contribution in [0.5, 0.6) is 0 Å². The number of thiocarbonyl (C=S) groups is 1. The third-order valence-corrected chi connectivity index (χ3v) is 6.12. The van der Waals surface area contributed by atoms with E-state index >= 15 is 0 Å². The largest absolute Gasteiger partial charge is 0.359 e. The molecule has 2 N–H and O–H groups in total. The van der Waals surface area contributed by atoms with E-state index in [0.717, 1.165) is 19.3 Å². The molecule has 0 aromatic heterocycles. The summed E-state index contributed by atoms with van der Waals surface area (Å²) in [5.41, 5.74) is 1.00. The highest BCUT2D eigenvalue weighted by molar-refractivity contribution is 7.80. The number of benzene rings is 1. The normalized spacial score (nSPS) is 24.5. The molecule has 3 unspecified atom stereocenters. The minimum absolute atomic E-state index is 0.0873. The fourth-order valence-electron chi connectivity index (χ4n) is 4.05. The number of hydrogen-bond acceptors (Lipinski definition) is 3. The maximum absolute atomic E-state index is 13.7. The predicted molar refractivity (Wildman–Crippen MR) is 111 cm³/mol. The molecule has 28 heavy (non-hydrogen) atoms. The molecule has 1 aromatic carbocycles.